The quantitative estimate of drug-likeness (QED) is 0.825. The lowest BCUT2D eigenvalue weighted by molar-refractivity contribution is 0.378. The third-order valence-electron chi connectivity index (χ3n) is 3.24. The van der Waals surface area contributed by atoms with Gasteiger partial charge < -0.3 is 5.32 Å². The van der Waals surface area contributed by atoms with E-state index in [2.05, 4.69) is 17.3 Å². The van der Waals surface area contributed by atoms with Crippen molar-refractivity contribution in [1.29, 1.82) is 0 Å². The highest BCUT2D eigenvalue weighted by Gasteiger charge is 2.23. The molecule has 2 nitrogen and oxygen atoms in total. The van der Waals surface area contributed by atoms with Crippen molar-refractivity contribution in [1.82, 2.24) is 10.3 Å². The highest BCUT2D eigenvalue weighted by Crippen LogP contribution is 2.29. The van der Waals surface area contributed by atoms with Crippen molar-refractivity contribution in [3.8, 4) is 0 Å². The number of nitrogens with one attached hydrogen (secondary N) is 1. The molecule has 3 heteroatoms. The average molecular weight is 210 g/mol. The normalized spacial score (nSPS) is 20.1. The van der Waals surface area contributed by atoms with Crippen LogP contribution in [-0.2, 0) is 6.42 Å². The number of aromatic nitrogens is 1. The van der Waals surface area contributed by atoms with Crippen molar-refractivity contribution in [3.63, 3.8) is 0 Å². The fourth-order valence-corrected chi connectivity index (χ4v) is 3.08. The largest absolute Gasteiger partial charge is 0.316 e. The maximum absolute atomic E-state index is 4.13. The molecule has 1 N–H and O–H groups in total. The van der Waals surface area contributed by atoms with Crippen LogP contribution in [0.1, 0.15) is 30.6 Å². The number of thiazole rings is 1. The predicted molar refractivity (Wildman–Crippen MR) is 60.6 cm³/mol. The number of rotatable bonds is 4. The van der Waals surface area contributed by atoms with Gasteiger partial charge in [-0.25, -0.2) is 0 Å². The molecular formula is C11H18N2S. The van der Waals surface area contributed by atoms with E-state index in [0.717, 1.165) is 12.3 Å². The smallest absolute Gasteiger partial charge is 0.0794 e. The maximum Gasteiger partial charge on any atom is 0.0794 e. The molecule has 1 aromatic heterocycles. The Labute approximate surface area is 89.8 Å². The summed E-state index contributed by atoms with van der Waals surface area (Å²) in [6.45, 7) is 0. The molecule has 2 rings (SSSR count). The zero-order valence-corrected chi connectivity index (χ0v) is 9.52. The molecule has 14 heavy (non-hydrogen) atoms. The van der Waals surface area contributed by atoms with Gasteiger partial charge in [0.2, 0.25) is 0 Å². The Bertz CT molecular complexity index is 252. The van der Waals surface area contributed by atoms with Crippen LogP contribution in [0.4, 0.5) is 0 Å². The molecule has 1 unspecified atom stereocenters. The molecule has 1 fully saturated rings. The van der Waals surface area contributed by atoms with E-state index in [1.165, 1.54) is 30.6 Å². The summed E-state index contributed by atoms with van der Waals surface area (Å²) < 4.78 is 0. The molecule has 0 aromatic carbocycles. The van der Waals surface area contributed by atoms with E-state index < -0.39 is 0 Å². The first kappa shape index (κ1) is 10.1. The number of hydrogen-bond donors (Lipinski definition) is 1. The minimum absolute atomic E-state index is 0.665. The molecule has 1 heterocycles. The van der Waals surface area contributed by atoms with Gasteiger partial charge in [-0.2, -0.15) is 0 Å². The summed E-state index contributed by atoms with van der Waals surface area (Å²) in [5.41, 5.74) is 1.93. The molecule has 1 aliphatic carbocycles. The first-order valence-corrected chi connectivity index (χ1v) is 6.32. The topological polar surface area (TPSA) is 24.9 Å². The molecule has 1 atom stereocenters. The summed E-state index contributed by atoms with van der Waals surface area (Å²) in [6, 6.07) is 0.665. The summed E-state index contributed by atoms with van der Waals surface area (Å²) in [6.07, 6.45) is 8.82. The summed E-state index contributed by atoms with van der Waals surface area (Å²) in [5.74, 6) is 0.891. The van der Waals surface area contributed by atoms with Crippen molar-refractivity contribution in [2.75, 3.05) is 7.05 Å². The second kappa shape index (κ2) is 4.89. The minimum Gasteiger partial charge on any atom is -0.316 e. The first-order chi connectivity index (χ1) is 6.90. The van der Waals surface area contributed by atoms with Crippen molar-refractivity contribution in [2.24, 2.45) is 5.92 Å². The third-order valence-corrected chi connectivity index (χ3v) is 4.05. The van der Waals surface area contributed by atoms with Crippen LogP contribution in [0.25, 0.3) is 0 Å². The Kier molecular flexibility index (Phi) is 3.54. The van der Waals surface area contributed by atoms with E-state index in [0.29, 0.717) is 6.04 Å². The van der Waals surface area contributed by atoms with Gasteiger partial charge in [0, 0.05) is 17.1 Å². The second-order valence-electron chi connectivity index (χ2n) is 4.11. The van der Waals surface area contributed by atoms with Gasteiger partial charge in [-0.1, -0.05) is 12.8 Å². The Morgan fingerprint density at radius 1 is 1.57 bits per heavy atom. The van der Waals surface area contributed by atoms with Crippen LogP contribution >= 0.6 is 11.3 Å². The third kappa shape index (κ3) is 2.34. The molecule has 0 bridgehead atoms. The monoisotopic (exact) mass is 210 g/mol. The summed E-state index contributed by atoms with van der Waals surface area (Å²) in [5, 5.41) is 3.46. The minimum atomic E-state index is 0.665. The van der Waals surface area contributed by atoms with Gasteiger partial charge in [0.1, 0.15) is 0 Å². The summed E-state index contributed by atoms with van der Waals surface area (Å²) >= 11 is 1.77. The standard InChI is InChI=1S/C11H18N2S/c1-12-11(9-4-2-3-5-9)6-10-7-13-8-14-10/h7-9,11-12H,2-6H2,1H3. The van der Waals surface area contributed by atoms with E-state index in [1.807, 2.05) is 11.7 Å². The first-order valence-electron chi connectivity index (χ1n) is 5.45. The van der Waals surface area contributed by atoms with E-state index in [1.54, 1.807) is 11.3 Å². The lowest BCUT2D eigenvalue weighted by Gasteiger charge is -2.21. The van der Waals surface area contributed by atoms with Gasteiger partial charge in [-0.3, -0.25) is 4.98 Å². The van der Waals surface area contributed by atoms with Crippen molar-refractivity contribution >= 4 is 11.3 Å². The Morgan fingerprint density at radius 2 is 2.36 bits per heavy atom. The lowest BCUT2D eigenvalue weighted by atomic mass is 9.95. The number of hydrogen-bond acceptors (Lipinski definition) is 3. The highest BCUT2D eigenvalue weighted by atomic mass is 32.1. The van der Waals surface area contributed by atoms with Crippen molar-refractivity contribution in [3.05, 3.63) is 16.6 Å². The van der Waals surface area contributed by atoms with Crippen LogP contribution in [0.2, 0.25) is 0 Å². The molecule has 1 aliphatic rings. The fourth-order valence-electron chi connectivity index (χ4n) is 2.42. The summed E-state index contributed by atoms with van der Waals surface area (Å²) in [4.78, 5) is 5.54. The van der Waals surface area contributed by atoms with Gasteiger partial charge in [-0.05, 0) is 32.2 Å². The molecule has 0 saturated heterocycles. The lowest BCUT2D eigenvalue weighted by Crippen LogP contribution is -2.34. The number of nitrogens with zero attached hydrogens (tertiary/aromatic N) is 1. The molecule has 0 radical (unpaired) electrons. The van der Waals surface area contributed by atoms with Gasteiger partial charge in [0.25, 0.3) is 0 Å². The van der Waals surface area contributed by atoms with Crippen molar-refractivity contribution in [2.45, 2.75) is 38.1 Å². The van der Waals surface area contributed by atoms with Crippen LogP contribution in [0.3, 0.4) is 0 Å². The fraction of sp³-hybridized carbons (Fsp3) is 0.727. The van der Waals surface area contributed by atoms with Crippen molar-refractivity contribution < 1.29 is 0 Å². The molecule has 0 amide bonds. The number of likely N-dealkylation sites (N-methyl/N-ethyl adjacent to an activating group) is 1. The zero-order valence-electron chi connectivity index (χ0n) is 8.70. The highest BCUT2D eigenvalue weighted by molar-refractivity contribution is 7.09. The second-order valence-corrected chi connectivity index (χ2v) is 5.08. The summed E-state index contributed by atoms with van der Waals surface area (Å²) in [7, 11) is 2.09. The molecule has 78 valence electrons. The molecule has 1 saturated carbocycles. The van der Waals surface area contributed by atoms with Crippen LogP contribution in [-0.4, -0.2) is 18.1 Å². The molecule has 0 spiro atoms. The van der Waals surface area contributed by atoms with E-state index in [4.69, 9.17) is 0 Å². The SMILES string of the molecule is CNC(Cc1cncs1)C1CCCC1. The van der Waals surface area contributed by atoms with Gasteiger partial charge >= 0.3 is 0 Å². The van der Waals surface area contributed by atoms with Crippen LogP contribution in [0, 0.1) is 5.92 Å². The molecule has 0 aliphatic heterocycles. The van der Waals surface area contributed by atoms with E-state index in [9.17, 15) is 0 Å². The Morgan fingerprint density at radius 3 is 2.93 bits per heavy atom. The molecule has 1 aromatic rings. The van der Waals surface area contributed by atoms with E-state index in [-0.39, 0.29) is 0 Å². The maximum atomic E-state index is 4.13. The van der Waals surface area contributed by atoms with Gasteiger partial charge in [0.05, 0.1) is 5.51 Å². The van der Waals surface area contributed by atoms with E-state index >= 15 is 0 Å². The van der Waals surface area contributed by atoms with Gasteiger partial charge in [-0.15, -0.1) is 11.3 Å². The van der Waals surface area contributed by atoms with Crippen LogP contribution in [0.15, 0.2) is 11.7 Å². The molecular weight excluding hydrogens is 192 g/mol. The Balaban J connectivity index is 1.92. The predicted octanol–water partition coefficient (Wildman–Crippen LogP) is 2.46. The average Bonchev–Trinajstić information content (AvgIpc) is 2.86. The van der Waals surface area contributed by atoms with Crippen LogP contribution in [0.5, 0.6) is 0 Å². The van der Waals surface area contributed by atoms with Gasteiger partial charge in [0.15, 0.2) is 0 Å². The zero-order chi connectivity index (χ0) is 9.80. The van der Waals surface area contributed by atoms with Crippen LogP contribution < -0.4 is 5.32 Å². The Hall–Kier alpha value is -0.410.